The maximum Gasteiger partial charge on any atom is 0.261 e. The fraction of sp³-hybridized carbons (Fsp3) is 0.435. The molecule has 0 saturated carbocycles. The number of anilines is 2. The van der Waals surface area contributed by atoms with Crippen molar-refractivity contribution in [2.24, 2.45) is 5.92 Å². The van der Waals surface area contributed by atoms with Gasteiger partial charge in [0.2, 0.25) is 5.91 Å². The number of aryl methyl sites for hydroxylation is 2. The predicted octanol–water partition coefficient (Wildman–Crippen LogP) is 4.52. The molecule has 30 heavy (non-hydrogen) atoms. The van der Waals surface area contributed by atoms with Gasteiger partial charge in [0, 0.05) is 24.3 Å². The van der Waals surface area contributed by atoms with E-state index in [1.807, 2.05) is 26.0 Å². The van der Waals surface area contributed by atoms with E-state index < -0.39 is 10.0 Å². The van der Waals surface area contributed by atoms with Crippen LogP contribution in [0.1, 0.15) is 44.7 Å². The van der Waals surface area contributed by atoms with Crippen LogP contribution in [0.4, 0.5) is 11.4 Å². The molecule has 0 saturated heterocycles. The molecule has 1 amide bonds. The molecular formula is C23H30N2O4S. The molecule has 0 atom stereocenters. The van der Waals surface area contributed by atoms with E-state index in [-0.39, 0.29) is 10.8 Å². The Bertz CT molecular complexity index is 1030. The first-order chi connectivity index (χ1) is 14.2. The van der Waals surface area contributed by atoms with Crippen LogP contribution in [0, 0.1) is 12.8 Å². The van der Waals surface area contributed by atoms with E-state index in [1.165, 1.54) is 0 Å². The molecule has 162 valence electrons. The summed E-state index contributed by atoms with van der Waals surface area (Å²) in [4.78, 5) is 14.3. The molecule has 0 radical (unpaired) electrons. The maximum atomic E-state index is 12.9. The number of hydrogen-bond donors (Lipinski definition) is 1. The Morgan fingerprint density at radius 1 is 1.13 bits per heavy atom. The Hall–Kier alpha value is -2.54. The summed E-state index contributed by atoms with van der Waals surface area (Å²) in [6.07, 6.45) is 1.94. The van der Waals surface area contributed by atoms with E-state index >= 15 is 0 Å². The average molecular weight is 431 g/mol. The Balaban J connectivity index is 1.82. The minimum absolute atomic E-state index is 0.116. The molecule has 1 N–H and O–H groups in total. The minimum atomic E-state index is -3.73. The molecule has 0 spiro atoms. The van der Waals surface area contributed by atoms with Crippen LogP contribution in [0.2, 0.25) is 0 Å². The molecule has 7 heteroatoms. The lowest BCUT2D eigenvalue weighted by molar-refractivity contribution is -0.119. The molecule has 3 rings (SSSR count). The van der Waals surface area contributed by atoms with Crippen molar-refractivity contribution in [1.82, 2.24) is 0 Å². The molecule has 0 aliphatic carbocycles. The molecule has 6 nitrogen and oxygen atoms in total. The normalized spacial score (nSPS) is 14.0. The van der Waals surface area contributed by atoms with Gasteiger partial charge in [-0.2, -0.15) is 0 Å². The monoisotopic (exact) mass is 430 g/mol. The van der Waals surface area contributed by atoms with Gasteiger partial charge in [0.1, 0.15) is 5.75 Å². The van der Waals surface area contributed by atoms with Gasteiger partial charge in [-0.15, -0.1) is 0 Å². The van der Waals surface area contributed by atoms with Crippen LogP contribution in [0.25, 0.3) is 0 Å². The highest BCUT2D eigenvalue weighted by molar-refractivity contribution is 7.92. The third kappa shape index (κ3) is 4.95. The van der Waals surface area contributed by atoms with Crippen molar-refractivity contribution in [1.29, 1.82) is 0 Å². The topological polar surface area (TPSA) is 75.7 Å². The Morgan fingerprint density at radius 2 is 1.90 bits per heavy atom. The summed E-state index contributed by atoms with van der Waals surface area (Å²) in [7, 11) is -3.73. The first-order valence-electron chi connectivity index (χ1n) is 10.4. The molecule has 1 aliphatic heterocycles. The fourth-order valence-electron chi connectivity index (χ4n) is 3.57. The van der Waals surface area contributed by atoms with Gasteiger partial charge in [-0.3, -0.25) is 9.52 Å². The molecular weight excluding hydrogens is 400 g/mol. The molecule has 0 aromatic heterocycles. The van der Waals surface area contributed by atoms with Crippen molar-refractivity contribution in [3.05, 3.63) is 47.5 Å². The van der Waals surface area contributed by atoms with Gasteiger partial charge in [0.25, 0.3) is 10.0 Å². The van der Waals surface area contributed by atoms with Crippen molar-refractivity contribution < 1.29 is 17.9 Å². The van der Waals surface area contributed by atoms with Crippen LogP contribution >= 0.6 is 0 Å². The Kier molecular flexibility index (Phi) is 6.71. The smallest absolute Gasteiger partial charge is 0.261 e. The lowest BCUT2D eigenvalue weighted by Crippen LogP contribution is -2.37. The zero-order chi connectivity index (χ0) is 21.9. The molecule has 0 fully saturated rings. The number of carbonyl (C=O) groups is 1. The van der Waals surface area contributed by atoms with Crippen molar-refractivity contribution in [2.75, 3.05) is 22.8 Å². The molecule has 0 unspecified atom stereocenters. The first-order valence-corrected chi connectivity index (χ1v) is 11.9. The van der Waals surface area contributed by atoms with Crippen molar-refractivity contribution in [3.63, 3.8) is 0 Å². The van der Waals surface area contributed by atoms with E-state index in [0.717, 1.165) is 23.2 Å². The summed E-state index contributed by atoms with van der Waals surface area (Å²) in [5.74, 6) is 1.16. The zero-order valence-electron chi connectivity index (χ0n) is 18.1. The minimum Gasteiger partial charge on any atom is -0.493 e. The number of carbonyl (C=O) groups excluding carboxylic acids is 1. The number of hydrogen-bond acceptors (Lipinski definition) is 4. The lowest BCUT2D eigenvalue weighted by Gasteiger charge is -2.31. The van der Waals surface area contributed by atoms with E-state index in [0.29, 0.717) is 43.3 Å². The van der Waals surface area contributed by atoms with Gasteiger partial charge < -0.3 is 9.64 Å². The second-order valence-electron chi connectivity index (χ2n) is 8.12. The first kappa shape index (κ1) is 22.2. The highest BCUT2D eigenvalue weighted by Crippen LogP contribution is 2.32. The standard InChI is InChI=1S/C23H30N2O4S/c1-5-12-29-22-10-8-20(13-17(22)4)30(27,28)24-19-7-9-21-18(14-19)6-11-23(26)25(21)15-16(2)3/h7-10,13-14,16,24H,5-6,11-12,15H2,1-4H3. The summed E-state index contributed by atoms with van der Waals surface area (Å²) in [5.41, 5.74) is 3.13. The number of rotatable bonds is 8. The summed E-state index contributed by atoms with van der Waals surface area (Å²) in [6, 6.07) is 10.3. The zero-order valence-corrected chi connectivity index (χ0v) is 18.9. The van der Waals surface area contributed by atoms with Crippen LogP contribution in [-0.2, 0) is 21.2 Å². The average Bonchev–Trinajstić information content (AvgIpc) is 2.68. The highest BCUT2D eigenvalue weighted by Gasteiger charge is 2.25. The molecule has 2 aromatic rings. The van der Waals surface area contributed by atoms with Crippen LogP contribution in [0.3, 0.4) is 0 Å². The van der Waals surface area contributed by atoms with Crippen LogP contribution in [-0.4, -0.2) is 27.5 Å². The Labute approximate surface area is 179 Å². The molecule has 1 aliphatic rings. The number of nitrogens with zero attached hydrogens (tertiary/aromatic N) is 1. The van der Waals surface area contributed by atoms with Crippen molar-refractivity contribution in [3.8, 4) is 5.75 Å². The second kappa shape index (κ2) is 9.08. The summed E-state index contributed by atoms with van der Waals surface area (Å²) in [5, 5.41) is 0. The van der Waals surface area contributed by atoms with E-state index in [9.17, 15) is 13.2 Å². The van der Waals surface area contributed by atoms with E-state index in [4.69, 9.17) is 4.74 Å². The van der Waals surface area contributed by atoms with Crippen LogP contribution in [0.5, 0.6) is 5.75 Å². The molecule has 0 bridgehead atoms. The Morgan fingerprint density at radius 3 is 2.57 bits per heavy atom. The quantitative estimate of drug-likeness (QED) is 0.668. The van der Waals surface area contributed by atoms with Gasteiger partial charge in [-0.1, -0.05) is 20.8 Å². The summed E-state index contributed by atoms with van der Waals surface area (Å²) in [6.45, 7) is 9.26. The largest absolute Gasteiger partial charge is 0.493 e. The summed E-state index contributed by atoms with van der Waals surface area (Å²) < 4.78 is 34.1. The third-order valence-corrected chi connectivity index (χ3v) is 6.38. The third-order valence-electron chi connectivity index (χ3n) is 5.00. The number of fused-ring (bicyclic) bond motifs is 1. The maximum absolute atomic E-state index is 12.9. The highest BCUT2D eigenvalue weighted by atomic mass is 32.2. The number of amides is 1. The van der Waals surface area contributed by atoms with Gasteiger partial charge in [-0.25, -0.2) is 8.42 Å². The van der Waals surface area contributed by atoms with Crippen LogP contribution < -0.4 is 14.4 Å². The molecule has 2 aromatic carbocycles. The summed E-state index contributed by atoms with van der Waals surface area (Å²) >= 11 is 0. The van der Waals surface area contributed by atoms with Gasteiger partial charge in [0.05, 0.1) is 11.5 Å². The van der Waals surface area contributed by atoms with Gasteiger partial charge in [0.15, 0.2) is 0 Å². The van der Waals surface area contributed by atoms with Crippen molar-refractivity contribution >= 4 is 27.3 Å². The number of nitrogens with one attached hydrogen (secondary N) is 1. The van der Waals surface area contributed by atoms with E-state index in [1.54, 1.807) is 29.2 Å². The van der Waals surface area contributed by atoms with Crippen LogP contribution in [0.15, 0.2) is 41.3 Å². The lowest BCUT2D eigenvalue weighted by atomic mass is 9.99. The van der Waals surface area contributed by atoms with Gasteiger partial charge in [-0.05, 0) is 73.2 Å². The second-order valence-corrected chi connectivity index (χ2v) is 9.81. The SMILES string of the molecule is CCCOc1ccc(S(=O)(=O)Nc2ccc3c(c2)CCC(=O)N3CC(C)C)cc1C. The fourth-order valence-corrected chi connectivity index (χ4v) is 4.70. The number of benzene rings is 2. The number of sulfonamides is 1. The number of ether oxygens (including phenoxy) is 1. The van der Waals surface area contributed by atoms with E-state index in [2.05, 4.69) is 18.6 Å². The van der Waals surface area contributed by atoms with Gasteiger partial charge >= 0.3 is 0 Å². The van der Waals surface area contributed by atoms with Crippen molar-refractivity contribution in [2.45, 2.75) is 51.9 Å². The predicted molar refractivity (Wildman–Crippen MR) is 120 cm³/mol. The molecule has 1 heterocycles.